The average Bonchev–Trinajstić information content (AvgIpc) is 2.29. The maximum atomic E-state index is 11.8. The summed E-state index contributed by atoms with van der Waals surface area (Å²) < 4.78 is 0. The quantitative estimate of drug-likeness (QED) is 0.556. The number of allylic oxidation sites excluding steroid dienone is 3. The lowest BCUT2D eigenvalue weighted by atomic mass is 10.0. The number of hydrogen-bond donors (Lipinski definition) is 0. The maximum absolute atomic E-state index is 11.8. The Morgan fingerprint density at radius 2 is 2.07 bits per heavy atom. The molecule has 1 rings (SSSR count). The lowest BCUT2D eigenvalue weighted by molar-refractivity contribution is 0.0942. The molecular weight excluding hydrogens is 188 g/mol. The first-order valence-electron chi connectivity index (χ1n) is 4.77. The van der Waals surface area contributed by atoms with Gasteiger partial charge in [-0.25, -0.2) is 9.97 Å². The highest BCUT2D eigenvalue weighted by Gasteiger charge is 2.14. The molecule has 0 radical (unpaired) electrons. The topological polar surface area (TPSA) is 42.9 Å². The fourth-order valence-corrected chi connectivity index (χ4v) is 1.17. The molecule has 78 valence electrons. The standard InChI is InChI=1S/C12H14N2O/c1-4-9(2)8-10(3)11(15)12-13-6-5-7-14-12/h4-8,10H,1H2,2-3H3/b9-8+/t10-/m0/s1. The zero-order valence-corrected chi connectivity index (χ0v) is 8.97. The Hall–Kier alpha value is -1.77. The van der Waals surface area contributed by atoms with Gasteiger partial charge in [-0.3, -0.25) is 4.79 Å². The molecule has 0 bridgehead atoms. The number of rotatable bonds is 4. The molecule has 0 saturated heterocycles. The average molecular weight is 202 g/mol. The van der Waals surface area contributed by atoms with Crippen molar-refractivity contribution in [2.24, 2.45) is 5.92 Å². The van der Waals surface area contributed by atoms with Gasteiger partial charge in [-0.15, -0.1) is 0 Å². The molecule has 15 heavy (non-hydrogen) atoms. The summed E-state index contributed by atoms with van der Waals surface area (Å²) >= 11 is 0. The summed E-state index contributed by atoms with van der Waals surface area (Å²) in [6.07, 6.45) is 6.70. The van der Waals surface area contributed by atoms with E-state index in [4.69, 9.17) is 0 Å². The predicted octanol–water partition coefficient (Wildman–Crippen LogP) is 2.43. The predicted molar refractivity (Wildman–Crippen MR) is 59.5 cm³/mol. The smallest absolute Gasteiger partial charge is 0.206 e. The van der Waals surface area contributed by atoms with Crippen LogP contribution >= 0.6 is 0 Å². The molecule has 0 aliphatic heterocycles. The molecule has 0 saturated carbocycles. The van der Waals surface area contributed by atoms with Gasteiger partial charge in [0.15, 0.2) is 5.82 Å². The van der Waals surface area contributed by atoms with E-state index in [1.807, 2.05) is 19.9 Å². The summed E-state index contributed by atoms with van der Waals surface area (Å²) in [6.45, 7) is 7.37. The van der Waals surface area contributed by atoms with Crippen molar-refractivity contribution in [2.75, 3.05) is 0 Å². The fourth-order valence-electron chi connectivity index (χ4n) is 1.17. The number of ketones is 1. The van der Waals surface area contributed by atoms with Crippen LogP contribution in [0.4, 0.5) is 0 Å². The summed E-state index contributed by atoms with van der Waals surface area (Å²) in [5.74, 6) is -0.0275. The highest BCUT2D eigenvalue weighted by atomic mass is 16.1. The highest BCUT2D eigenvalue weighted by molar-refractivity contribution is 5.95. The summed E-state index contributed by atoms with van der Waals surface area (Å²) in [7, 11) is 0. The van der Waals surface area contributed by atoms with Crippen LogP contribution in [-0.2, 0) is 0 Å². The Kier molecular flexibility index (Phi) is 3.92. The second-order valence-electron chi connectivity index (χ2n) is 3.34. The van der Waals surface area contributed by atoms with Crippen molar-refractivity contribution in [1.29, 1.82) is 0 Å². The first kappa shape index (κ1) is 11.3. The van der Waals surface area contributed by atoms with E-state index in [1.54, 1.807) is 24.5 Å². The van der Waals surface area contributed by atoms with E-state index >= 15 is 0 Å². The van der Waals surface area contributed by atoms with Crippen LogP contribution in [0.3, 0.4) is 0 Å². The second kappa shape index (κ2) is 5.20. The summed E-state index contributed by atoms with van der Waals surface area (Å²) in [6, 6.07) is 1.69. The number of nitrogens with zero attached hydrogens (tertiary/aromatic N) is 2. The Morgan fingerprint density at radius 3 is 2.60 bits per heavy atom. The lowest BCUT2D eigenvalue weighted by Crippen LogP contribution is -2.12. The number of hydrogen-bond acceptors (Lipinski definition) is 3. The minimum Gasteiger partial charge on any atom is -0.290 e. The Morgan fingerprint density at radius 1 is 1.47 bits per heavy atom. The fraction of sp³-hybridized carbons (Fsp3) is 0.250. The van der Waals surface area contributed by atoms with Gasteiger partial charge in [0.2, 0.25) is 5.78 Å². The lowest BCUT2D eigenvalue weighted by Gasteiger charge is -2.04. The minimum absolute atomic E-state index is 0.0724. The SMILES string of the molecule is C=C/C(C)=C/[C@H](C)C(=O)c1ncccn1. The van der Waals surface area contributed by atoms with Crippen LogP contribution in [-0.4, -0.2) is 15.8 Å². The van der Waals surface area contributed by atoms with Gasteiger partial charge in [-0.1, -0.05) is 31.2 Å². The van der Waals surface area contributed by atoms with Crippen molar-refractivity contribution in [1.82, 2.24) is 9.97 Å². The van der Waals surface area contributed by atoms with Crippen LogP contribution < -0.4 is 0 Å². The van der Waals surface area contributed by atoms with Crippen molar-refractivity contribution in [3.8, 4) is 0 Å². The third-order valence-corrected chi connectivity index (χ3v) is 2.03. The summed E-state index contributed by atoms with van der Waals surface area (Å²) in [5, 5.41) is 0. The molecule has 3 heteroatoms. The highest BCUT2D eigenvalue weighted by Crippen LogP contribution is 2.08. The van der Waals surface area contributed by atoms with Crippen molar-refractivity contribution >= 4 is 5.78 Å². The Balaban J connectivity index is 2.82. The van der Waals surface area contributed by atoms with Crippen LogP contribution in [0.1, 0.15) is 24.5 Å². The largest absolute Gasteiger partial charge is 0.290 e. The van der Waals surface area contributed by atoms with E-state index in [9.17, 15) is 4.79 Å². The number of Topliss-reactive ketones (excluding diaryl/α,β-unsaturated/α-hetero) is 1. The third-order valence-electron chi connectivity index (χ3n) is 2.03. The van der Waals surface area contributed by atoms with Crippen molar-refractivity contribution in [3.05, 3.63) is 48.6 Å². The Labute approximate surface area is 89.6 Å². The number of aromatic nitrogens is 2. The monoisotopic (exact) mass is 202 g/mol. The van der Waals surface area contributed by atoms with Crippen molar-refractivity contribution in [2.45, 2.75) is 13.8 Å². The first-order valence-corrected chi connectivity index (χ1v) is 4.77. The van der Waals surface area contributed by atoms with Gasteiger partial charge in [-0.05, 0) is 13.0 Å². The molecule has 0 amide bonds. The zero-order valence-electron chi connectivity index (χ0n) is 8.97. The number of carbonyl (C=O) groups is 1. The zero-order chi connectivity index (χ0) is 11.3. The van der Waals surface area contributed by atoms with Crippen LogP contribution in [0.5, 0.6) is 0 Å². The molecule has 1 atom stereocenters. The molecule has 1 aromatic heterocycles. The van der Waals surface area contributed by atoms with Crippen LogP contribution in [0.15, 0.2) is 42.8 Å². The van der Waals surface area contributed by atoms with Gasteiger partial charge < -0.3 is 0 Å². The molecule has 1 heterocycles. The van der Waals surface area contributed by atoms with E-state index in [-0.39, 0.29) is 17.5 Å². The molecule has 0 aliphatic carbocycles. The second-order valence-corrected chi connectivity index (χ2v) is 3.34. The molecular formula is C12H14N2O. The normalized spacial score (nSPS) is 13.3. The molecule has 0 N–H and O–H groups in total. The first-order chi connectivity index (χ1) is 7.15. The van der Waals surface area contributed by atoms with E-state index in [1.165, 1.54) is 0 Å². The Bertz CT molecular complexity index is 382. The minimum atomic E-state index is -0.217. The third kappa shape index (κ3) is 3.13. The van der Waals surface area contributed by atoms with Gasteiger partial charge in [-0.2, -0.15) is 0 Å². The van der Waals surface area contributed by atoms with Crippen molar-refractivity contribution in [3.63, 3.8) is 0 Å². The van der Waals surface area contributed by atoms with Crippen LogP contribution in [0, 0.1) is 5.92 Å². The van der Waals surface area contributed by atoms with Gasteiger partial charge >= 0.3 is 0 Å². The number of carbonyl (C=O) groups excluding carboxylic acids is 1. The van der Waals surface area contributed by atoms with E-state index in [0.717, 1.165) is 5.57 Å². The van der Waals surface area contributed by atoms with E-state index in [2.05, 4.69) is 16.5 Å². The molecule has 0 aliphatic rings. The van der Waals surface area contributed by atoms with Gasteiger partial charge in [0.05, 0.1) is 0 Å². The van der Waals surface area contributed by atoms with Crippen LogP contribution in [0.25, 0.3) is 0 Å². The van der Waals surface area contributed by atoms with Crippen molar-refractivity contribution < 1.29 is 4.79 Å². The summed E-state index contributed by atoms with van der Waals surface area (Å²) in [4.78, 5) is 19.6. The molecule has 0 aromatic carbocycles. The van der Waals surface area contributed by atoms with E-state index in [0.29, 0.717) is 0 Å². The molecule has 0 unspecified atom stereocenters. The molecule has 3 nitrogen and oxygen atoms in total. The van der Waals surface area contributed by atoms with E-state index < -0.39 is 0 Å². The van der Waals surface area contributed by atoms with Gasteiger partial charge in [0, 0.05) is 18.3 Å². The molecule has 1 aromatic rings. The van der Waals surface area contributed by atoms with Crippen LogP contribution in [0.2, 0.25) is 0 Å². The summed E-state index contributed by atoms with van der Waals surface area (Å²) in [5.41, 5.74) is 0.979. The molecule has 0 spiro atoms. The molecule has 0 fully saturated rings. The van der Waals surface area contributed by atoms with Gasteiger partial charge in [0.1, 0.15) is 0 Å². The van der Waals surface area contributed by atoms with Gasteiger partial charge in [0.25, 0.3) is 0 Å². The maximum Gasteiger partial charge on any atom is 0.206 e.